The normalized spacial score (nSPS) is 45.0. The van der Waals surface area contributed by atoms with Crippen molar-refractivity contribution in [2.24, 2.45) is 11.8 Å². The zero-order valence-corrected chi connectivity index (χ0v) is 20.4. The molecule has 2 saturated heterocycles. The molecule has 0 aromatic rings. The van der Waals surface area contributed by atoms with Crippen LogP contribution in [0.1, 0.15) is 6.42 Å². The molecule has 2 fully saturated rings. The molecule has 8 N–H and O–H groups in total. The molecule has 4 aliphatic rings. The number of hydrogen-bond donors (Lipinski definition) is 8. The van der Waals surface area contributed by atoms with Gasteiger partial charge in [-0.2, -0.15) is 0 Å². The van der Waals surface area contributed by atoms with E-state index in [4.69, 9.17) is 28.4 Å². The van der Waals surface area contributed by atoms with Gasteiger partial charge in [-0.3, -0.25) is 0 Å². The summed E-state index contributed by atoms with van der Waals surface area (Å²) in [6.07, 6.45) is -13.6. The van der Waals surface area contributed by atoms with E-state index in [0.717, 1.165) is 0 Å². The molecule has 15 heteroatoms. The van der Waals surface area contributed by atoms with Gasteiger partial charge in [0.15, 0.2) is 12.6 Å². The molecule has 216 valence electrons. The van der Waals surface area contributed by atoms with E-state index in [1.54, 1.807) is 6.08 Å². The summed E-state index contributed by atoms with van der Waals surface area (Å²) in [4.78, 5) is 12.2. The van der Waals surface area contributed by atoms with Crippen molar-refractivity contribution in [3.8, 4) is 0 Å². The number of esters is 1. The van der Waals surface area contributed by atoms with E-state index >= 15 is 0 Å². The molecule has 3 aliphatic heterocycles. The topological polar surface area (TPSA) is 234 Å². The Bertz CT molecular complexity index is 892. The van der Waals surface area contributed by atoms with E-state index in [0.29, 0.717) is 12.0 Å². The molecule has 38 heavy (non-hydrogen) atoms. The van der Waals surface area contributed by atoms with E-state index in [-0.39, 0.29) is 12.2 Å². The van der Waals surface area contributed by atoms with Crippen molar-refractivity contribution in [1.82, 2.24) is 0 Å². The molecule has 0 bridgehead atoms. The first kappa shape index (κ1) is 29.3. The third-order valence-corrected chi connectivity index (χ3v) is 7.33. The number of carbonyl (C=O) groups excluding carboxylic acids is 1. The standard InChI is InChI=1S/C23H34O15/c1-33-20(32)10-6-34-21(13-8(4-24)2-3-9(10)13)38-23-19(31)17(29)15(27)12(37-23)7-35-22-18(30)16(28)14(26)11(5-25)36-22/h2,6,9,11-19,21-31H,3-5,7H2,1H3/t9-,11?,12?,13-,14?,15?,16?,17?,18?,19?,21?,22?,23?/m1/s1. The lowest BCUT2D eigenvalue weighted by Crippen LogP contribution is -2.62. The van der Waals surface area contributed by atoms with Crippen LogP contribution in [0.4, 0.5) is 0 Å². The minimum atomic E-state index is -1.76. The number of allylic oxidation sites excluding steroid dienone is 1. The fourth-order valence-corrected chi connectivity index (χ4v) is 5.11. The Kier molecular flexibility index (Phi) is 9.39. The van der Waals surface area contributed by atoms with Crippen LogP contribution in [0.25, 0.3) is 0 Å². The molecule has 0 aromatic heterocycles. The molecular formula is C23H34O15. The fourth-order valence-electron chi connectivity index (χ4n) is 5.11. The molecule has 13 atom stereocenters. The summed E-state index contributed by atoms with van der Waals surface area (Å²) in [6.45, 7) is -1.54. The maximum atomic E-state index is 12.2. The lowest BCUT2D eigenvalue weighted by atomic mass is 9.83. The molecule has 0 radical (unpaired) electrons. The Morgan fingerprint density at radius 3 is 2.16 bits per heavy atom. The maximum Gasteiger partial charge on any atom is 0.337 e. The smallest absolute Gasteiger partial charge is 0.337 e. The van der Waals surface area contributed by atoms with E-state index in [1.807, 2.05) is 0 Å². The lowest BCUT2D eigenvalue weighted by Gasteiger charge is -2.44. The maximum absolute atomic E-state index is 12.2. The summed E-state index contributed by atoms with van der Waals surface area (Å²) in [5.74, 6) is -1.68. The Morgan fingerprint density at radius 2 is 1.53 bits per heavy atom. The number of methoxy groups -OCH3 is 1. The highest BCUT2D eigenvalue weighted by Crippen LogP contribution is 2.44. The van der Waals surface area contributed by atoms with Crippen LogP contribution in [0.2, 0.25) is 0 Å². The number of rotatable bonds is 8. The van der Waals surface area contributed by atoms with Crippen LogP contribution < -0.4 is 0 Å². The summed E-state index contributed by atoms with van der Waals surface area (Å²) in [7, 11) is 1.22. The van der Waals surface area contributed by atoms with Gasteiger partial charge in [-0.1, -0.05) is 6.08 Å². The number of aliphatic hydroxyl groups is 8. The van der Waals surface area contributed by atoms with Gasteiger partial charge in [0, 0.05) is 5.92 Å². The van der Waals surface area contributed by atoms with Crippen LogP contribution in [0.15, 0.2) is 23.5 Å². The van der Waals surface area contributed by atoms with Crippen LogP contribution in [-0.4, -0.2) is 141 Å². The van der Waals surface area contributed by atoms with Gasteiger partial charge in [0.05, 0.1) is 44.7 Å². The van der Waals surface area contributed by atoms with Gasteiger partial charge in [-0.15, -0.1) is 0 Å². The summed E-state index contributed by atoms with van der Waals surface area (Å²) in [5.41, 5.74) is 0.770. The zero-order chi connectivity index (χ0) is 27.7. The molecular weight excluding hydrogens is 516 g/mol. The van der Waals surface area contributed by atoms with Crippen molar-refractivity contribution >= 4 is 5.97 Å². The van der Waals surface area contributed by atoms with Gasteiger partial charge in [0.1, 0.15) is 48.8 Å². The van der Waals surface area contributed by atoms with E-state index in [9.17, 15) is 45.6 Å². The van der Waals surface area contributed by atoms with Crippen molar-refractivity contribution in [3.63, 3.8) is 0 Å². The second-order valence-corrected chi connectivity index (χ2v) is 9.56. The molecule has 0 saturated carbocycles. The Morgan fingerprint density at radius 1 is 0.895 bits per heavy atom. The second kappa shape index (κ2) is 12.2. The first-order valence-electron chi connectivity index (χ1n) is 12.1. The van der Waals surface area contributed by atoms with E-state index in [1.165, 1.54) is 13.4 Å². The van der Waals surface area contributed by atoms with Gasteiger partial charge >= 0.3 is 5.97 Å². The first-order valence-corrected chi connectivity index (χ1v) is 12.1. The van der Waals surface area contributed by atoms with Crippen LogP contribution in [-0.2, 0) is 33.2 Å². The van der Waals surface area contributed by atoms with E-state index in [2.05, 4.69) is 0 Å². The third kappa shape index (κ3) is 5.47. The van der Waals surface area contributed by atoms with Crippen LogP contribution in [0.5, 0.6) is 0 Å². The van der Waals surface area contributed by atoms with Crippen molar-refractivity contribution < 1.29 is 74.1 Å². The number of aliphatic hydroxyl groups excluding tert-OH is 8. The molecule has 1 aliphatic carbocycles. The van der Waals surface area contributed by atoms with Gasteiger partial charge < -0.3 is 69.3 Å². The minimum Gasteiger partial charge on any atom is -0.471 e. The van der Waals surface area contributed by atoms with Gasteiger partial charge in [-0.05, 0) is 12.0 Å². The molecule has 0 spiro atoms. The highest BCUT2D eigenvalue weighted by Gasteiger charge is 2.51. The van der Waals surface area contributed by atoms with Crippen LogP contribution in [0, 0.1) is 11.8 Å². The SMILES string of the molecule is COC(=O)C1=COC(OC2OC(COC3OC(CO)C(O)C(O)C3O)C(O)C(O)C2O)[C@@H]2C(CO)=CC[C@H]12. The van der Waals surface area contributed by atoms with Crippen molar-refractivity contribution in [1.29, 1.82) is 0 Å². The molecule has 0 aromatic carbocycles. The molecule has 3 heterocycles. The largest absolute Gasteiger partial charge is 0.471 e. The van der Waals surface area contributed by atoms with Crippen LogP contribution >= 0.6 is 0 Å². The summed E-state index contributed by atoms with van der Waals surface area (Å²) >= 11 is 0. The molecule has 4 rings (SSSR count). The summed E-state index contributed by atoms with van der Waals surface area (Å²) in [6, 6.07) is 0. The number of carbonyl (C=O) groups is 1. The fraction of sp³-hybridized carbons (Fsp3) is 0.783. The number of hydrogen-bond acceptors (Lipinski definition) is 15. The Labute approximate surface area is 217 Å². The second-order valence-electron chi connectivity index (χ2n) is 9.56. The highest BCUT2D eigenvalue weighted by molar-refractivity contribution is 5.89. The molecule has 0 amide bonds. The molecule has 11 unspecified atom stereocenters. The Balaban J connectivity index is 1.45. The van der Waals surface area contributed by atoms with E-state index < -0.39 is 98.7 Å². The number of fused-ring (bicyclic) bond motifs is 1. The third-order valence-electron chi connectivity index (χ3n) is 7.33. The Hall–Kier alpha value is -1.73. The number of ether oxygens (including phenoxy) is 6. The summed E-state index contributed by atoms with van der Waals surface area (Å²) in [5, 5.41) is 80.5. The van der Waals surface area contributed by atoms with Crippen molar-refractivity contribution in [2.45, 2.75) is 74.1 Å². The molecule has 15 nitrogen and oxygen atoms in total. The van der Waals surface area contributed by atoms with Crippen molar-refractivity contribution in [2.75, 3.05) is 26.9 Å². The van der Waals surface area contributed by atoms with Gasteiger partial charge in [0.2, 0.25) is 6.29 Å². The van der Waals surface area contributed by atoms with Gasteiger partial charge in [-0.25, -0.2) is 4.79 Å². The van der Waals surface area contributed by atoms with Crippen molar-refractivity contribution in [3.05, 3.63) is 23.5 Å². The zero-order valence-electron chi connectivity index (χ0n) is 20.4. The van der Waals surface area contributed by atoms with Crippen LogP contribution in [0.3, 0.4) is 0 Å². The predicted molar refractivity (Wildman–Crippen MR) is 119 cm³/mol. The average Bonchev–Trinajstić information content (AvgIpc) is 3.36. The average molecular weight is 551 g/mol. The van der Waals surface area contributed by atoms with Gasteiger partial charge in [0.25, 0.3) is 0 Å². The predicted octanol–water partition coefficient (Wildman–Crippen LogP) is -4.40. The summed E-state index contributed by atoms with van der Waals surface area (Å²) < 4.78 is 32.5. The lowest BCUT2D eigenvalue weighted by molar-refractivity contribution is -0.352. The minimum absolute atomic E-state index is 0.239. The first-order chi connectivity index (χ1) is 18.1. The quantitative estimate of drug-likeness (QED) is 0.105. The highest BCUT2D eigenvalue weighted by atomic mass is 16.8. The monoisotopic (exact) mass is 550 g/mol.